The molecule has 0 spiro atoms. The minimum absolute atomic E-state index is 0.196. The second-order valence-electron chi connectivity index (χ2n) is 6.10. The zero-order valence-electron chi connectivity index (χ0n) is 13.6. The van der Waals surface area contributed by atoms with Crippen LogP contribution in [0.1, 0.15) is 29.0 Å². The van der Waals surface area contributed by atoms with Gasteiger partial charge in [0.05, 0.1) is 28.6 Å². The fraction of sp³-hybridized carbons (Fsp3) is 0.278. The summed E-state index contributed by atoms with van der Waals surface area (Å²) in [6.45, 7) is 1.91. The molecule has 4 rings (SSSR count). The molecule has 1 fully saturated rings. The number of aliphatic hydroxyl groups is 1. The third-order valence-corrected chi connectivity index (χ3v) is 5.19. The average Bonchev–Trinajstić information content (AvgIpc) is 3.09. The number of aryl methyl sites for hydroxylation is 1. The molecule has 2 N–H and O–H groups in total. The van der Waals surface area contributed by atoms with Gasteiger partial charge in [-0.3, -0.25) is 9.78 Å². The van der Waals surface area contributed by atoms with Crippen molar-refractivity contribution in [2.45, 2.75) is 31.9 Å². The summed E-state index contributed by atoms with van der Waals surface area (Å²) in [6.07, 6.45) is 2.69. The molecule has 6 nitrogen and oxygen atoms in total. The number of rotatable bonds is 4. The van der Waals surface area contributed by atoms with Gasteiger partial charge in [0.15, 0.2) is 0 Å². The van der Waals surface area contributed by atoms with E-state index in [-0.39, 0.29) is 17.6 Å². The molecular weight excluding hydrogens is 338 g/mol. The molecule has 0 aromatic carbocycles. The van der Waals surface area contributed by atoms with Crippen LogP contribution in [0.5, 0.6) is 11.5 Å². The largest absolute Gasteiger partial charge is 0.454 e. The van der Waals surface area contributed by atoms with Crippen LogP contribution in [0.15, 0.2) is 35.8 Å². The monoisotopic (exact) mass is 355 g/mol. The normalized spacial score (nSPS) is 19.4. The predicted octanol–water partition coefficient (Wildman–Crippen LogP) is 3.05. The zero-order valence-corrected chi connectivity index (χ0v) is 14.4. The molecule has 3 aromatic rings. The molecule has 1 aliphatic carbocycles. The number of carbonyl (C=O) groups excluding carboxylic acids is 1. The van der Waals surface area contributed by atoms with Crippen LogP contribution >= 0.6 is 11.3 Å². The number of thiophene rings is 1. The molecule has 25 heavy (non-hydrogen) atoms. The number of carbonyl (C=O) groups is 1. The molecule has 3 heterocycles. The first-order valence-corrected chi connectivity index (χ1v) is 8.96. The topological polar surface area (TPSA) is 84.3 Å². The summed E-state index contributed by atoms with van der Waals surface area (Å²) in [5.41, 5.74) is 1.89. The van der Waals surface area contributed by atoms with Gasteiger partial charge in [-0.2, -0.15) is 0 Å². The van der Waals surface area contributed by atoms with E-state index in [1.807, 2.05) is 30.5 Å². The molecule has 0 radical (unpaired) electrons. The quantitative estimate of drug-likeness (QED) is 0.751. The maximum absolute atomic E-state index is 12.5. The smallest absolute Gasteiger partial charge is 0.270 e. The second kappa shape index (κ2) is 6.42. The molecule has 1 aliphatic rings. The van der Waals surface area contributed by atoms with E-state index in [9.17, 15) is 9.90 Å². The lowest BCUT2D eigenvalue weighted by Gasteiger charge is -2.32. The molecule has 128 valence electrons. The lowest BCUT2D eigenvalue weighted by Crippen LogP contribution is -2.50. The summed E-state index contributed by atoms with van der Waals surface area (Å²) in [7, 11) is 0. The first-order chi connectivity index (χ1) is 12.1. The van der Waals surface area contributed by atoms with Crippen LogP contribution in [0.2, 0.25) is 0 Å². The van der Waals surface area contributed by atoms with Crippen molar-refractivity contribution in [3.05, 3.63) is 47.2 Å². The van der Waals surface area contributed by atoms with E-state index in [0.717, 1.165) is 23.2 Å². The standard InChI is InChI=1S/C18H17N3O3S/c1-10-2-3-11(9-19-10)24-16-8-14(20-13-6-7-25-17(13)16)18(23)21-12-4-5-15(12)22/h2-3,6-9,12,15,22H,4-5H2,1H3,(H,21,23)/t12-,15-/m1/s1. The highest BCUT2D eigenvalue weighted by atomic mass is 32.1. The van der Waals surface area contributed by atoms with Gasteiger partial charge in [-0.25, -0.2) is 4.98 Å². The van der Waals surface area contributed by atoms with Crippen molar-refractivity contribution in [3.8, 4) is 11.5 Å². The second-order valence-corrected chi connectivity index (χ2v) is 7.02. The number of ether oxygens (including phenoxy) is 1. The van der Waals surface area contributed by atoms with Crippen molar-refractivity contribution in [1.29, 1.82) is 0 Å². The van der Waals surface area contributed by atoms with E-state index >= 15 is 0 Å². The molecule has 0 unspecified atom stereocenters. The third kappa shape index (κ3) is 3.20. The number of nitrogens with zero attached hydrogens (tertiary/aromatic N) is 2. The SMILES string of the molecule is Cc1ccc(Oc2cc(C(=O)N[C@@H]3CC[C@H]3O)nc3ccsc23)cn1. The molecule has 2 atom stereocenters. The minimum Gasteiger partial charge on any atom is -0.454 e. The number of hydrogen-bond donors (Lipinski definition) is 2. The molecule has 1 amide bonds. The average molecular weight is 355 g/mol. The zero-order chi connectivity index (χ0) is 17.4. The van der Waals surface area contributed by atoms with E-state index < -0.39 is 6.10 Å². The van der Waals surface area contributed by atoms with Crippen LogP contribution in [0, 0.1) is 6.92 Å². The molecule has 0 bridgehead atoms. The van der Waals surface area contributed by atoms with Crippen LogP contribution in [0.25, 0.3) is 10.2 Å². The fourth-order valence-electron chi connectivity index (χ4n) is 2.65. The Bertz CT molecular complexity index is 923. The Kier molecular flexibility index (Phi) is 4.10. The highest BCUT2D eigenvalue weighted by Gasteiger charge is 2.30. The summed E-state index contributed by atoms with van der Waals surface area (Å²) in [5.74, 6) is 0.876. The summed E-state index contributed by atoms with van der Waals surface area (Å²) >= 11 is 1.51. The van der Waals surface area contributed by atoms with Crippen LogP contribution in [-0.4, -0.2) is 33.1 Å². The number of hydrogen-bond acceptors (Lipinski definition) is 6. The van der Waals surface area contributed by atoms with Crippen molar-refractivity contribution in [3.63, 3.8) is 0 Å². The molecule has 0 saturated heterocycles. The minimum atomic E-state index is -0.469. The van der Waals surface area contributed by atoms with E-state index in [4.69, 9.17) is 4.74 Å². The van der Waals surface area contributed by atoms with E-state index in [0.29, 0.717) is 17.0 Å². The number of nitrogens with one attached hydrogen (secondary N) is 1. The van der Waals surface area contributed by atoms with Gasteiger partial charge in [0, 0.05) is 11.8 Å². The Morgan fingerprint density at radius 1 is 1.36 bits per heavy atom. The van der Waals surface area contributed by atoms with Gasteiger partial charge in [-0.15, -0.1) is 11.3 Å². The number of pyridine rings is 2. The molecule has 0 aliphatic heterocycles. The predicted molar refractivity (Wildman–Crippen MR) is 95.2 cm³/mol. The van der Waals surface area contributed by atoms with E-state index in [2.05, 4.69) is 15.3 Å². The highest BCUT2D eigenvalue weighted by molar-refractivity contribution is 7.17. The highest BCUT2D eigenvalue weighted by Crippen LogP contribution is 2.33. The molecule has 1 saturated carbocycles. The van der Waals surface area contributed by atoms with Gasteiger partial charge < -0.3 is 15.2 Å². The molecule has 3 aromatic heterocycles. The van der Waals surface area contributed by atoms with Gasteiger partial charge in [-0.1, -0.05) is 0 Å². The van der Waals surface area contributed by atoms with E-state index in [1.54, 1.807) is 12.3 Å². The van der Waals surface area contributed by atoms with Crippen molar-refractivity contribution >= 4 is 27.5 Å². The summed E-state index contributed by atoms with van der Waals surface area (Å²) < 4.78 is 6.82. The summed E-state index contributed by atoms with van der Waals surface area (Å²) in [6, 6.07) is 7.01. The van der Waals surface area contributed by atoms with Crippen molar-refractivity contribution in [2.24, 2.45) is 0 Å². The maximum Gasteiger partial charge on any atom is 0.270 e. The first-order valence-electron chi connectivity index (χ1n) is 8.08. The lowest BCUT2D eigenvalue weighted by atomic mass is 9.89. The van der Waals surface area contributed by atoms with Crippen molar-refractivity contribution in [1.82, 2.24) is 15.3 Å². The first kappa shape index (κ1) is 16.0. The maximum atomic E-state index is 12.5. The fourth-order valence-corrected chi connectivity index (χ4v) is 3.44. The number of fused-ring (bicyclic) bond motifs is 1. The van der Waals surface area contributed by atoms with Gasteiger partial charge in [-0.05, 0) is 43.3 Å². The molecule has 7 heteroatoms. The van der Waals surface area contributed by atoms with Gasteiger partial charge in [0.2, 0.25) is 0 Å². The Balaban J connectivity index is 1.64. The van der Waals surface area contributed by atoms with E-state index in [1.165, 1.54) is 11.3 Å². The van der Waals surface area contributed by atoms with Crippen LogP contribution in [0.4, 0.5) is 0 Å². The Morgan fingerprint density at radius 2 is 2.24 bits per heavy atom. The van der Waals surface area contributed by atoms with Crippen LogP contribution in [0.3, 0.4) is 0 Å². The van der Waals surface area contributed by atoms with Gasteiger partial charge >= 0.3 is 0 Å². The van der Waals surface area contributed by atoms with Crippen LogP contribution < -0.4 is 10.1 Å². The van der Waals surface area contributed by atoms with Crippen molar-refractivity contribution < 1.29 is 14.6 Å². The van der Waals surface area contributed by atoms with Crippen LogP contribution in [-0.2, 0) is 0 Å². The Labute approximate surface area is 148 Å². The lowest BCUT2D eigenvalue weighted by molar-refractivity contribution is 0.0445. The number of aliphatic hydroxyl groups excluding tert-OH is 1. The van der Waals surface area contributed by atoms with Crippen molar-refractivity contribution in [2.75, 3.05) is 0 Å². The summed E-state index contributed by atoms with van der Waals surface area (Å²) in [4.78, 5) is 21.1. The molecular formula is C18H17N3O3S. The summed E-state index contributed by atoms with van der Waals surface area (Å²) in [5, 5.41) is 14.4. The third-order valence-electron chi connectivity index (χ3n) is 4.28. The number of amides is 1. The van der Waals surface area contributed by atoms with Gasteiger partial charge in [0.25, 0.3) is 5.91 Å². The Hall–Kier alpha value is -2.51. The Morgan fingerprint density at radius 3 is 2.92 bits per heavy atom. The number of aromatic nitrogens is 2. The van der Waals surface area contributed by atoms with Gasteiger partial charge in [0.1, 0.15) is 17.2 Å².